The number of nitrogens with zero attached hydrogens (tertiary/aromatic N) is 2. The molecule has 0 aromatic heterocycles. The molecule has 1 N–H and O–H groups in total. The van der Waals surface area contributed by atoms with Crippen molar-refractivity contribution in [3.63, 3.8) is 0 Å². The van der Waals surface area contributed by atoms with E-state index in [1.54, 1.807) is 22.3 Å². The maximum absolute atomic E-state index is 12.4. The Bertz CT molecular complexity index is 3340. The van der Waals surface area contributed by atoms with E-state index >= 15 is 0 Å². The average molecular weight is 1370 g/mol. The molecule has 6 heterocycles. The zero-order valence-electron chi connectivity index (χ0n) is 66.4. The van der Waals surface area contributed by atoms with Gasteiger partial charge in [0, 0.05) is 93.2 Å². The van der Waals surface area contributed by atoms with Crippen molar-refractivity contribution in [1.29, 1.82) is 0 Å². The van der Waals surface area contributed by atoms with Crippen LogP contribution in [0.4, 0.5) is 0 Å². The normalized spacial score (nSPS) is 51.8. The van der Waals surface area contributed by atoms with E-state index in [0.29, 0.717) is 100 Å². The highest BCUT2D eigenvalue weighted by Crippen LogP contribution is 2.71. The molecule has 0 radical (unpaired) electrons. The lowest BCUT2D eigenvalue weighted by atomic mass is 9.45. The van der Waals surface area contributed by atoms with Crippen molar-refractivity contribution >= 4 is 17.3 Å². The number of fused-ring (bicyclic) bond motifs is 18. The Morgan fingerprint density at radius 3 is 1.55 bits per heavy atom. The lowest BCUT2D eigenvalue weighted by molar-refractivity contribution is -0.142. The van der Waals surface area contributed by atoms with Crippen molar-refractivity contribution in [3.8, 4) is 0 Å². The summed E-state index contributed by atoms with van der Waals surface area (Å²) in [4.78, 5) is 42.4. The molecule has 3 spiro atoms. The molecule has 0 aromatic carbocycles. The Morgan fingerprint density at radius 1 is 0.480 bits per heavy atom. The number of carbonyl (C=O) groups excluding carboxylic acids is 3. The van der Waals surface area contributed by atoms with Crippen LogP contribution in [0.5, 0.6) is 0 Å². The van der Waals surface area contributed by atoms with Gasteiger partial charge in [-0.25, -0.2) is 0 Å². The molecule has 8 saturated carbocycles. The quantitative estimate of drug-likeness (QED) is 0.271. The second-order valence-electron chi connectivity index (χ2n) is 41.7. The standard InChI is InChI=1S/C32H51NO2.C31H49NO2.C28H41NO2/c1-19(2)33-18-20(3)14-28-29(33)22(5)32(35-28)13-10-24-25-9-11-30(6)17-23(34)8-12-31(30,7)27(25)15-26(24)21(4)16-32;1-18(2)32-17-19(3)13-28-29(32)21(5)31(34-28)12-10-24-25-8-7-22-14-23(33)9-11-30(22,6)27(25)15-26(24)20(4)16-31;1-16-11-25-26(29-15-16)18(3)28(31-25)10-8-21-22-6-5-19-12-20(30)7-9-27(19,4)24(22)13-23(21)17(2)14-28/h19-20,22,24-25,27-29H,8-18H2,1-7H3;18-19,21-22,24-25,27-29H,7-17H2,1-6H3;12,16,18,21-22,24-26,29H,5-11,13-15H2,1-4H3/t20-,22+,24-,25-,27-,28+,29-,30+,31+,32-;19-,21+,22+,24-,25-,27-,28+,29-,30-,31-;16-,18+,21-,22-,24-,25+,26-,27-,28-/m000/s1. The molecule has 6 saturated heterocycles. The third kappa shape index (κ3) is 11.4. The van der Waals surface area contributed by atoms with Crippen LogP contribution < -0.4 is 5.32 Å². The molecule has 6 aliphatic heterocycles. The number of piperidine rings is 3. The molecule has 18 rings (SSSR count). The summed E-state index contributed by atoms with van der Waals surface area (Å²) >= 11 is 0. The predicted molar refractivity (Wildman–Crippen MR) is 403 cm³/mol. The maximum atomic E-state index is 12.4. The molecule has 0 aromatic rings. The molecule has 100 heavy (non-hydrogen) atoms. The minimum atomic E-state index is 0.0355. The topological polar surface area (TPSA) is 97.4 Å². The number of hydrogen-bond donors (Lipinski definition) is 1. The van der Waals surface area contributed by atoms with Crippen molar-refractivity contribution in [1.82, 2.24) is 15.1 Å². The van der Waals surface area contributed by atoms with Crippen molar-refractivity contribution in [2.45, 2.75) is 369 Å². The summed E-state index contributed by atoms with van der Waals surface area (Å²) in [6, 6.07) is 2.91. The van der Waals surface area contributed by atoms with Crippen LogP contribution in [0, 0.1) is 116 Å². The van der Waals surface area contributed by atoms with Crippen LogP contribution >= 0.6 is 0 Å². The van der Waals surface area contributed by atoms with E-state index in [1.165, 1.54) is 128 Å². The number of allylic oxidation sites excluding steroid dienone is 5. The molecule has 9 nitrogen and oxygen atoms in total. The van der Waals surface area contributed by atoms with E-state index < -0.39 is 0 Å². The SMILES string of the molecule is CC1=C2C[C@H]3[C@@H](CCC4=CC(=O)CC[C@@]43C)[C@@H]2CC[C@@]2(C1)O[C@@H]1C[C@H](C)CN[C@H]1[C@H]2C.CC1=C2C[C@H]3[C@@H](CC[C@@H]4CC(=O)CC[C@@]43C)[C@@H]2CC[C@@]2(C1)O[C@@H]1C[C@H](C)CN(C(C)C)[C@H]1[C@H]2C.CC1=C2C[C@H]3[C@@H](CC[C@]4(C)CC(=O)CC[C@]34C)[C@@H]2CC[C@@]2(C1)O[C@@H]1C[C@H](C)CN(C(C)C)[C@H]1[C@H]2C. The smallest absolute Gasteiger partial charge is 0.155 e. The van der Waals surface area contributed by atoms with Gasteiger partial charge >= 0.3 is 0 Å². The van der Waals surface area contributed by atoms with Gasteiger partial charge in [0.05, 0.1) is 35.1 Å². The first-order valence-electron chi connectivity index (χ1n) is 43.0. The van der Waals surface area contributed by atoms with Gasteiger partial charge in [0.25, 0.3) is 0 Å². The van der Waals surface area contributed by atoms with E-state index in [-0.39, 0.29) is 27.6 Å². The van der Waals surface area contributed by atoms with Crippen LogP contribution in [0.1, 0.15) is 304 Å². The Labute approximate surface area is 608 Å². The Morgan fingerprint density at radius 2 is 0.980 bits per heavy atom. The summed E-state index contributed by atoms with van der Waals surface area (Å²) in [6.07, 6.45) is 37.1. The lowest BCUT2D eigenvalue weighted by Crippen LogP contribution is -2.54. The van der Waals surface area contributed by atoms with Gasteiger partial charge in [0.15, 0.2) is 5.78 Å². The number of Topliss-reactive ketones (excluding diaryl/α,β-unsaturated/α-hetero) is 2. The first kappa shape index (κ1) is 72.0. The van der Waals surface area contributed by atoms with E-state index in [2.05, 4.69) is 133 Å². The second-order valence-corrected chi connectivity index (χ2v) is 41.7. The summed E-state index contributed by atoms with van der Waals surface area (Å²) in [6.45, 7) is 45.3. The highest BCUT2D eigenvalue weighted by atomic mass is 16.5. The number of hydrogen-bond acceptors (Lipinski definition) is 9. The van der Waals surface area contributed by atoms with E-state index in [9.17, 15) is 14.4 Å². The van der Waals surface area contributed by atoms with Crippen molar-refractivity contribution < 1.29 is 28.6 Å². The monoisotopic (exact) mass is 1370 g/mol. The minimum absolute atomic E-state index is 0.0355. The largest absolute Gasteiger partial charge is 0.369 e. The van der Waals surface area contributed by atoms with Crippen molar-refractivity contribution in [2.75, 3.05) is 19.6 Å². The fourth-order valence-corrected chi connectivity index (χ4v) is 30.4. The first-order chi connectivity index (χ1) is 47.4. The molecular weight excluding hydrogens is 1230 g/mol. The summed E-state index contributed by atoms with van der Waals surface area (Å²) in [7, 11) is 0. The molecule has 18 aliphatic rings. The molecule has 0 bridgehead atoms. The van der Waals surface area contributed by atoms with Gasteiger partial charge in [-0.05, 0) is 314 Å². The lowest BCUT2D eigenvalue weighted by Gasteiger charge is -2.58. The number of rotatable bonds is 2. The van der Waals surface area contributed by atoms with Gasteiger partial charge in [-0.3, -0.25) is 24.2 Å². The molecule has 9 heteroatoms. The van der Waals surface area contributed by atoms with Gasteiger partial charge in [0.1, 0.15) is 11.6 Å². The Balaban J connectivity index is 0.000000117. The van der Waals surface area contributed by atoms with E-state index in [1.807, 2.05) is 17.2 Å². The maximum Gasteiger partial charge on any atom is 0.155 e. The van der Waals surface area contributed by atoms with E-state index in [4.69, 9.17) is 14.2 Å². The summed E-state index contributed by atoms with van der Waals surface area (Å²) in [5.41, 5.74) is 13.3. The van der Waals surface area contributed by atoms with Gasteiger partial charge in [-0.1, -0.05) is 108 Å². The molecule has 0 amide bonds. The van der Waals surface area contributed by atoms with Crippen LogP contribution in [0.2, 0.25) is 0 Å². The molecule has 29 atom stereocenters. The van der Waals surface area contributed by atoms with E-state index in [0.717, 1.165) is 155 Å². The van der Waals surface area contributed by atoms with Gasteiger partial charge in [-0.2, -0.15) is 0 Å². The zero-order chi connectivity index (χ0) is 70.4. The number of ether oxygens (including phenoxy) is 3. The Kier molecular flexibility index (Phi) is 18.7. The molecular formula is C91H141N3O6. The summed E-state index contributed by atoms with van der Waals surface area (Å²) in [5, 5.41) is 3.85. The van der Waals surface area contributed by atoms with Gasteiger partial charge in [-0.15, -0.1) is 0 Å². The Hall–Kier alpha value is -2.27. The molecule has 12 aliphatic carbocycles. The van der Waals surface area contributed by atoms with Crippen molar-refractivity contribution in [2.24, 2.45) is 116 Å². The van der Waals surface area contributed by atoms with Crippen LogP contribution in [-0.2, 0) is 28.6 Å². The minimum Gasteiger partial charge on any atom is -0.369 e. The third-order valence-electron chi connectivity index (χ3n) is 36.2. The van der Waals surface area contributed by atoms with Crippen LogP contribution in [-0.4, -0.2) is 112 Å². The average Bonchev–Trinajstić information content (AvgIpc) is 1.66. The van der Waals surface area contributed by atoms with Gasteiger partial charge < -0.3 is 19.5 Å². The number of likely N-dealkylation sites (tertiary alicyclic amines) is 2. The second kappa shape index (κ2) is 26.0. The van der Waals surface area contributed by atoms with Crippen LogP contribution in [0.25, 0.3) is 0 Å². The predicted octanol–water partition coefficient (Wildman–Crippen LogP) is 19.6. The van der Waals surface area contributed by atoms with Crippen LogP contribution in [0.3, 0.4) is 0 Å². The zero-order valence-corrected chi connectivity index (χ0v) is 66.4. The third-order valence-corrected chi connectivity index (χ3v) is 36.2. The first-order valence-corrected chi connectivity index (χ1v) is 43.0. The summed E-state index contributed by atoms with van der Waals surface area (Å²) < 4.78 is 21.4. The highest BCUT2D eigenvalue weighted by molar-refractivity contribution is 5.91. The van der Waals surface area contributed by atoms with Crippen molar-refractivity contribution in [3.05, 3.63) is 45.1 Å². The fraction of sp³-hybridized carbons (Fsp3) is 0.879. The highest BCUT2D eigenvalue weighted by Gasteiger charge is 2.66. The molecule has 556 valence electrons. The fourth-order valence-electron chi connectivity index (χ4n) is 30.4. The van der Waals surface area contributed by atoms with Gasteiger partial charge in [0.2, 0.25) is 0 Å². The van der Waals surface area contributed by atoms with Crippen LogP contribution in [0.15, 0.2) is 45.1 Å². The molecule has 0 unspecified atom stereocenters. The summed E-state index contributed by atoms with van der Waals surface area (Å²) in [5.74, 6) is 13.2. The number of ketones is 3. The number of nitrogens with one attached hydrogen (secondary N) is 1. The molecule has 14 fully saturated rings. The number of carbonyl (C=O) groups is 3.